The highest BCUT2D eigenvalue weighted by molar-refractivity contribution is 4.91. The summed E-state index contributed by atoms with van der Waals surface area (Å²) in [6.45, 7) is 11.0. The minimum absolute atomic E-state index is 0.696. The zero-order valence-corrected chi connectivity index (χ0v) is 10.5. The lowest BCUT2D eigenvalue weighted by atomic mass is 9.92. The quantitative estimate of drug-likeness (QED) is 0.764. The van der Waals surface area contributed by atoms with Gasteiger partial charge in [0.2, 0.25) is 0 Å². The van der Waals surface area contributed by atoms with E-state index in [0.717, 1.165) is 17.9 Å². The van der Waals surface area contributed by atoms with Crippen molar-refractivity contribution >= 4 is 0 Å². The molecule has 0 radical (unpaired) electrons. The smallest absolute Gasteiger partial charge is 0.0123 e. The Morgan fingerprint density at radius 1 is 1.20 bits per heavy atom. The fraction of sp³-hybridized carbons (Fsp3) is 1.00. The maximum Gasteiger partial charge on any atom is 0.0123 e. The van der Waals surface area contributed by atoms with Crippen molar-refractivity contribution in [3.8, 4) is 0 Å². The molecule has 2 heteroatoms. The van der Waals surface area contributed by atoms with Crippen LogP contribution in [0.25, 0.3) is 0 Å². The molecule has 4 atom stereocenters. The van der Waals surface area contributed by atoms with Gasteiger partial charge in [-0.25, -0.2) is 0 Å². The Morgan fingerprint density at radius 3 is 2.67 bits per heavy atom. The van der Waals surface area contributed by atoms with Gasteiger partial charge in [-0.15, -0.1) is 0 Å². The summed E-state index contributed by atoms with van der Waals surface area (Å²) in [5.74, 6) is 1.75. The topological polar surface area (TPSA) is 15.3 Å². The minimum atomic E-state index is 0.696. The lowest BCUT2D eigenvalue weighted by molar-refractivity contribution is 0.207. The Labute approximate surface area is 94.4 Å². The molecule has 15 heavy (non-hydrogen) atoms. The van der Waals surface area contributed by atoms with Crippen LogP contribution in [0.2, 0.25) is 0 Å². The van der Waals surface area contributed by atoms with Crippen molar-refractivity contribution in [2.24, 2.45) is 11.8 Å². The van der Waals surface area contributed by atoms with Gasteiger partial charge in [0.1, 0.15) is 0 Å². The molecule has 4 unspecified atom stereocenters. The lowest BCUT2D eigenvalue weighted by Gasteiger charge is -2.33. The number of hydrogen-bond donors (Lipinski definition) is 1. The Hall–Kier alpha value is -0.0800. The third-order valence-corrected chi connectivity index (χ3v) is 3.96. The summed E-state index contributed by atoms with van der Waals surface area (Å²) in [6, 6.07) is 1.50. The van der Waals surface area contributed by atoms with Crippen molar-refractivity contribution < 1.29 is 0 Å². The average Bonchev–Trinajstić information content (AvgIpc) is 2.52. The van der Waals surface area contributed by atoms with Crippen LogP contribution in [-0.2, 0) is 0 Å². The number of rotatable bonds is 4. The molecule has 0 aromatic rings. The molecule has 0 aliphatic carbocycles. The van der Waals surface area contributed by atoms with E-state index < -0.39 is 0 Å². The van der Waals surface area contributed by atoms with Crippen LogP contribution >= 0.6 is 0 Å². The van der Waals surface area contributed by atoms with Crippen LogP contribution in [0.1, 0.15) is 40.0 Å². The molecule has 1 N–H and O–H groups in total. The first-order valence-electron chi connectivity index (χ1n) is 6.63. The molecule has 88 valence electrons. The number of piperidine rings is 1. The first-order chi connectivity index (χ1) is 7.15. The van der Waals surface area contributed by atoms with E-state index in [-0.39, 0.29) is 0 Å². The molecule has 2 heterocycles. The maximum absolute atomic E-state index is 3.85. The van der Waals surface area contributed by atoms with E-state index in [4.69, 9.17) is 0 Å². The van der Waals surface area contributed by atoms with Gasteiger partial charge in [-0.2, -0.15) is 0 Å². The summed E-state index contributed by atoms with van der Waals surface area (Å²) in [7, 11) is 0. The van der Waals surface area contributed by atoms with Crippen molar-refractivity contribution in [1.82, 2.24) is 10.2 Å². The number of nitrogens with one attached hydrogen (secondary N) is 1. The molecule has 2 fully saturated rings. The van der Waals surface area contributed by atoms with Crippen LogP contribution in [0.4, 0.5) is 0 Å². The molecular weight excluding hydrogens is 184 g/mol. The minimum Gasteiger partial charge on any atom is -0.311 e. The van der Waals surface area contributed by atoms with Crippen molar-refractivity contribution in [1.29, 1.82) is 0 Å². The average molecular weight is 210 g/mol. The molecule has 2 saturated heterocycles. The van der Waals surface area contributed by atoms with E-state index in [9.17, 15) is 0 Å². The van der Waals surface area contributed by atoms with E-state index in [1.54, 1.807) is 0 Å². The molecule has 2 rings (SSSR count). The fourth-order valence-corrected chi connectivity index (χ4v) is 3.31. The van der Waals surface area contributed by atoms with E-state index in [1.165, 1.54) is 38.9 Å². The predicted molar refractivity (Wildman–Crippen MR) is 65.0 cm³/mol. The van der Waals surface area contributed by atoms with Crippen LogP contribution in [-0.4, -0.2) is 36.6 Å². The van der Waals surface area contributed by atoms with Crippen LogP contribution < -0.4 is 5.32 Å². The second kappa shape index (κ2) is 4.84. The van der Waals surface area contributed by atoms with Gasteiger partial charge >= 0.3 is 0 Å². The first kappa shape index (κ1) is 11.4. The molecule has 0 aromatic carbocycles. The third-order valence-electron chi connectivity index (χ3n) is 3.96. The largest absolute Gasteiger partial charge is 0.311 e. The van der Waals surface area contributed by atoms with Gasteiger partial charge in [0.25, 0.3) is 0 Å². The molecule has 0 amide bonds. The molecule has 2 aliphatic rings. The zero-order valence-electron chi connectivity index (χ0n) is 10.5. The van der Waals surface area contributed by atoms with Crippen LogP contribution in [0, 0.1) is 11.8 Å². The highest BCUT2D eigenvalue weighted by Gasteiger charge is 2.34. The number of fused-ring (bicyclic) bond motifs is 2. The number of nitrogens with zero attached hydrogens (tertiary/aromatic N) is 1. The molecule has 0 aromatic heterocycles. The van der Waals surface area contributed by atoms with Crippen molar-refractivity contribution in [3.63, 3.8) is 0 Å². The summed E-state index contributed by atoms with van der Waals surface area (Å²) in [5, 5.41) is 3.85. The zero-order chi connectivity index (χ0) is 10.8. The van der Waals surface area contributed by atoms with Gasteiger partial charge in [-0.05, 0) is 51.1 Å². The Morgan fingerprint density at radius 2 is 1.93 bits per heavy atom. The second-order valence-corrected chi connectivity index (χ2v) is 5.94. The normalized spacial score (nSPS) is 37.2. The third kappa shape index (κ3) is 2.94. The molecular formula is C13H26N2. The summed E-state index contributed by atoms with van der Waals surface area (Å²) >= 11 is 0. The fourth-order valence-electron chi connectivity index (χ4n) is 3.31. The van der Waals surface area contributed by atoms with Crippen LogP contribution in [0.3, 0.4) is 0 Å². The van der Waals surface area contributed by atoms with Crippen LogP contribution in [0.5, 0.6) is 0 Å². The van der Waals surface area contributed by atoms with Gasteiger partial charge in [-0.1, -0.05) is 13.8 Å². The van der Waals surface area contributed by atoms with E-state index in [1.807, 2.05) is 0 Å². The maximum atomic E-state index is 3.85. The highest BCUT2D eigenvalue weighted by atomic mass is 15.2. The van der Waals surface area contributed by atoms with E-state index in [0.29, 0.717) is 6.04 Å². The van der Waals surface area contributed by atoms with E-state index in [2.05, 4.69) is 31.0 Å². The van der Waals surface area contributed by atoms with Gasteiger partial charge in [0.15, 0.2) is 0 Å². The molecule has 2 nitrogen and oxygen atoms in total. The summed E-state index contributed by atoms with van der Waals surface area (Å²) in [4.78, 5) is 2.62. The summed E-state index contributed by atoms with van der Waals surface area (Å²) < 4.78 is 0. The van der Waals surface area contributed by atoms with Gasteiger partial charge < -0.3 is 10.2 Å². The SMILES string of the molecule is CC(C)CC(C)NC1CCN2CCC1C2. The van der Waals surface area contributed by atoms with Gasteiger partial charge in [0, 0.05) is 18.6 Å². The lowest BCUT2D eigenvalue weighted by Crippen LogP contribution is -2.47. The highest BCUT2D eigenvalue weighted by Crippen LogP contribution is 2.27. The Balaban J connectivity index is 1.78. The van der Waals surface area contributed by atoms with Gasteiger partial charge in [0.05, 0.1) is 0 Å². The standard InChI is InChI=1S/C13H26N2/c1-10(2)8-11(3)14-13-5-7-15-6-4-12(13)9-15/h10-14H,4-9H2,1-3H3. The summed E-state index contributed by atoms with van der Waals surface area (Å²) in [6.07, 6.45) is 4.10. The summed E-state index contributed by atoms with van der Waals surface area (Å²) in [5.41, 5.74) is 0. The Bertz CT molecular complexity index is 203. The van der Waals surface area contributed by atoms with Crippen molar-refractivity contribution in [2.45, 2.75) is 52.1 Å². The molecule has 0 spiro atoms. The van der Waals surface area contributed by atoms with Gasteiger partial charge in [-0.3, -0.25) is 0 Å². The van der Waals surface area contributed by atoms with Crippen molar-refractivity contribution in [3.05, 3.63) is 0 Å². The first-order valence-corrected chi connectivity index (χ1v) is 6.63. The Kier molecular flexibility index (Phi) is 3.68. The predicted octanol–water partition coefficient (Wildman–Crippen LogP) is 2.10. The molecule has 2 bridgehead atoms. The van der Waals surface area contributed by atoms with E-state index >= 15 is 0 Å². The number of hydrogen-bond acceptors (Lipinski definition) is 2. The van der Waals surface area contributed by atoms with Crippen molar-refractivity contribution in [2.75, 3.05) is 19.6 Å². The molecule has 2 aliphatic heterocycles. The van der Waals surface area contributed by atoms with Crippen LogP contribution in [0.15, 0.2) is 0 Å². The molecule has 0 saturated carbocycles. The second-order valence-electron chi connectivity index (χ2n) is 5.94. The monoisotopic (exact) mass is 210 g/mol.